The molecule has 9 nitrogen and oxygen atoms in total. The number of fused-ring (bicyclic) bond motifs is 1. The zero-order chi connectivity index (χ0) is 28.8. The molecule has 2 N–H and O–H groups in total. The highest BCUT2D eigenvalue weighted by molar-refractivity contribution is 6.04. The number of pyridine rings is 1. The number of aromatic nitrogens is 3. The zero-order valence-electron chi connectivity index (χ0n) is 22.5. The molecule has 2 aromatic heterocycles. The number of halogens is 3. The lowest BCUT2D eigenvalue weighted by Gasteiger charge is -2.33. The van der Waals surface area contributed by atoms with Gasteiger partial charge < -0.3 is 20.1 Å². The summed E-state index contributed by atoms with van der Waals surface area (Å²) in [7, 11) is 0. The largest absolute Gasteiger partial charge is 0.444 e. The molecule has 1 aliphatic heterocycles. The standard InChI is InChI=1S/C27H32F3N5O4/c1-25(2,3)39-24(37)34-11-9-17(10-12-34)35-15-16-13-21(18(26(4,5)38)14-20(16)33-35)32-23(36)19-7-6-8-22(31-19)27(28,29)30/h6-8,13-15,17,38H,9-12H2,1-5H3,(H,32,36). The monoisotopic (exact) mass is 547 g/mol. The molecule has 39 heavy (non-hydrogen) atoms. The van der Waals surface area contributed by atoms with E-state index >= 15 is 0 Å². The fraction of sp³-hybridized carbons (Fsp3) is 0.481. The Balaban J connectivity index is 1.57. The number of nitrogens with zero attached hydrogens (tertiary/aromatic N) is 4. The molecule has 0 aliphatic carbocycles. The van der Waals surface area contributed by atoms with Gasteiger partial charge in [0, 0.05) is 35.9 Å². The summed E-state index contributed by atoms with van der Waals surface area (Å²) in [6, 6.07) is 6.40. The predicted octanol–water partition coefficient (Wildman–Crippen LogP) is 5.50. The van der Waals surface area contributed by atoms with E-state index in [0.717, 1.165) is 12.1 Å². The first-order valence-corrected chi connectivity index (χ1v) is 12.6. The quantitative estimate of drug-likeness (QED) is 0.446. The number of aliphatic hydroxyl groups is 1. The van der Waals surface area contributed by atoms with Crippen LogP contribution < -0.4 is 5.32 Å². The maximum absolute atomic E-state index is 13.1. The number of piperidine rings is 1. The van der Waals surface area contributed by atoms with Gasteiger partial charge >= 0.3 is 12.3 Å². The molecule has 0 bridgehead atoms. The van der Waals surface area contributed by atoms with Crippen molar-refractivity contribution in [2.45, 2.75) is 70.9 Å². The lowest BCUT2D eigenvalue weighted by molar-refractivity contribution is -0.141. The van der Waals surface area contributed by atoms with Gasteiger partial charge in [-0.3, -0.25) is 9.48 Å². The third kappa shape index (κ3) is 6.67. The second-order valence-electron chi connectivity index (χ2n) is 11.2. The van der Waals surface area contributed by atoms with Crippen LogP contribution in [0, 0.1) is 0 Å². The van der Waals surface area contributed by atoms with Gasteiger partial charge in [0.25, 0.3) is 5.91 Å². The minimum absolute atomic E-state index is 0.0222. The van der Waals surface area contributed by atoms with E-state index in [4.69, 9.17) is 4.74 Å². The minimum atomic E-state index is -4.69. The highest BCUT2D eigenvalue weighted by Crippen LogP contribution is 2.34. The number of amides is 2. The van der Waals surface area contributed by atoms with E-state index in [2.05, 4.69) is 15.4 Å². The number of benzene rings is 1. The van der Waals surface area contributed by atoms with Gasteiger partial charge in [-0.1, -0.05) is 6.07 Å². The summed E-state index contributed by atoms with van der Waals surface area (Å²) in [5.74, 6) is -0.840. The van der Waals surface area contributed by atoms with Crippen molar-refractivity contribution in [3.63, 3.8) is 0 Å². The maximum Gasteiger partial charge on any atom is 0.433 e. The van der Waals surface area contributed by atoms with Crippen molar-refractivity contribution in [3.8, 4) is 0 Å². The van der Waals surface area contributed by atoms with Crippen molar-refractivity contribution < 1.29 is 32.6 Å². The molecule has 0 spiro atoms. The molecule has 2 amide bonds. The first-order valence-electron chi connectivity index (χ1n) is 12.6. The van der Waals surface area contributed by atoms with E-state index in [-0.39, 0.29) is 17.8 Å². The first kappa shape index (κ1) is 28.3. The topological polar surface area (TPSA) is 110 Å². The second-order valence-corrected chi connectivity index (χ2v) is 11.2. The Morgan fingerprint density at radius 1 is 1.08 bits per heavy atom. The maximum atomic E-state index is 13.1. The van der Waals surface area contributed by atoms with Gasteiger partial charge in [0.05, 0.1) is 17.2 Å². The Labute approximate surface area is 224 Å². The van der Waals surface area contributed by atoms with Crippen LogP contribution in [-0.2, 0) is 16.5 Å². The third-order valence-electron chi connectivity index (χ3n) is 6.33. The van der Waals surface area contributed by atoms with Crippen LogP contribution in [0.1, 0.15) is 75.2 Å². The summed E-state index contributed by atoms with van der Waals surface area (Å²) in [4.78, 5) is 30.4. The summed E-state index contributed by atoms with van der Waals surface area (Å²) < 4.78 is 46.5. The number of alkyl halides is 3. The molecule has 1 fully saturated rings. The number of carbonyl (C=O) groups is 2. The van der Waals surface area contributed by atoms with Gasteiger partial charge in [-0.15, -0.1) is 0 Å². The van der Waals surface area contributed by atoms with Crippen molar-refractivity contribution >= 4 is 28.6 Å². The van der Waals surface area contributed by atoms with Crippen LogP contribution in [0.3, 0.4) is 0 Å². The SMILES string of the molecule is CC(C)(C)OC(=O)N1CCC(n2cc3cc(NC(=O)c4cccc(C(F)(F)F)n4)c(C(C)(C)O)cc3n2)CC1. The van der Waals surface area contributed by atoms with Crippen molar-refractivity contribution in [1.29, 1.82) is 0 Å². The molecule has 4 rings (SSSR count). The van der Waals surface area contributed by atoms with Crippen molar-refractivity contribution in [2.75, 3.05) is 18.4 Å². The summed E-state index contributed by atoms with van der Waals surface area (Å²) in [5, 5.41) is 18.7. The van der Waals surface area contributed by atoms with Crippen LogP contribution in [0.25, 0.3) is 10.9 Å². The van der Waals surface area contributed by atoms with Crippen molar-refractivity contribution in [2.24, 2.45) is 0 Å². The Morgan fingerprint density at radius 3 is 2.33 bits per heavy atom. The fourth-order valence-corrected chi connectivity index (χ4v) is 4.43. The number of hydrogen-bond acceptors (Lipinski definition) is 6. The van der Waals surface area contributed by atoms with E-state index < -0.39 is 34.7 Å². The average Bonchev–Trinajstić information content (AvgIpc) is 3.24. The Kier molecular flexibility index (Phi) is 7.37. The highest BCUT2D eigenvalue weighted by atomic mass is 19.4. The van der Waals surface area contributed by atoms with Crippen molar-refractivity contribution in [1.82, 2.24) is 19.7 Å². The van der Waals surface area contributed by atoms with Gasteiger partial charge in [-0.05, 0) is 71.7 Å². The lowest BCUT2D eigenvalue weighted by Crippen LogP contribution is -2.42. The number of ether oxygens (including phenoxy) is 1. The van der Waals surface area contributed by atoms with Crippen LogP contribution in [0.15, 0.2) is 36.5 Å². The molecular weight excluding hydrogens is 515 g/mol. The molecule has 12 heteroatoms. The molecule has 0 unspecified atom stereocenters. The number of anilines is 1. The van der Waals surface area contributed by atoms with Crippen LogP contribution in [0.4, 0.5) is 23.7 Å². The predicted molar refractivity (Wildman–Crippen MR) is 138 cm³/mol. The molecule has 0 atom stereocenters. The van der Waals surface area contributed by atoms with Gasteiger partial charge in [0.2, 0.25) is 0 Å². The number of rotatable bonds is 4. The summed E-state index contributed by atoms with van der Waals surface area (Å²) >= 11 is 0. The average molecular weight is 548 g/mol. The number of carbonyl (C=O) groups excluding carboxylic acids is 2. The van der Waals surface area contributed by atoms with E-state index in [1.165, 1.54) is 19.9 Å². The Morgan fingerprint density at radius 2 is 1.74 bits per heavy atom. The van der Waals surface area contributed by atoms with Crippen LogP contribution >= 0.6 is 0 Å². The number of hydrogen-bond donors (Lipinski definition) is 2. The molecule has 0 radical (unpaired) electrons. The van der Waals surface area contributed by atoms with Gasteiger partial charge in [0.15, 0.2) is 0 Å². The normalized spacial score (nSPS) is 15.5. The molecule has 0 saturated carbocycles. The van der Waals surface area contributed by atoms with Gasteiger partial charge in [-0.25, -0.2) is 9.78 Å². The zero-order valence-corrected chi connectivity index (χ0v) is 22.5. The highest BCUT2D eigenvalue weighted by Gasteiger charge is 2.33. The summed E-state index contributed by atoms with van der Waals surface area (Å²) in [5.41, 5.74) is -2.38. The first-order chi connectivity index (χ1) is 18.0. The molecule has 1 aliphatic rings. The van der Waals surface area contributed by atoms with E-state index in [1.807, 2.05) is 31.6 Å². The second kappa shape index (κ2) is 10.1. The smallest absolute Gasteiger partial charge is 0.433 e. The number of nitrogens with one attached hydrogen (secondary N) is 1. The Hall–Kier alpha value is -3.67. The van der Waals surface area contributed by atoms with Gasteiger partial charge in [0.1, 0.15) is 17.0 Å². The Bertz CT molecular complexity index is 1380. The van der Waals surface area contributed by atoms with E-state index in [0.29, 0.717) is 42.4 Å². The van der Waals surface area contributed by atoms with Crippen LogP contribution in [0.5, 0.6) is 0 Å². The molecule has 1 saturated heterocycles. The lowest BCUT2D eigenvalue weighted by atomic mass is 9.95. The summed E-state index contributed by atoms with van der Waals surface area (Å²) in [6.45, 7) is 9.56. The number of likely N-dealkylation sites (tertiary alicyclic amines) is 1. The van der Waals surface area contributed by atoms with Crippen LogP contribution in [0.2, 0.25) is 0 Å². The molecule has 210 valence electrons. The van der Waals surface area contributed by atoms with Crippen molar-refractivity contribution in [3.05, 3.63) is 53.5 Å². The fourth-order valence-electron chi connectivity index (χ4n) is 4.43. The van der Waals surface area contributed by atoms with Gasteiger partial charge in [-0.2, -0.15) is 18.3 Å². The third-order valence-corrected chi connectivity index (χ3v) is 6.33. The van der Waals surface area contributed by atoms with E-state index in [1.54, 1.807) is 17.0 Å². The molecule has 1 aromatic carbocycles. The minimum Gasteiger partial charge on any atom is -0.444 e. The summed E-state index contributed by atoms with van der Waals surface area (Å²) in [6.07, 6.45) is -1.90. The van der Waals surface area contributed by atoms with Crippen LogP contribution in [-0.4, -0.2) is 55.5 Å². The van der Waals surface area contributed by atoms with E-state index in [9.17, 15) is 27.9 Å². The molecular formula is C27H32F3N5O4. The molecule has 3 heterocycles. The molecule has 3 aromatic rings.